The summed E-state index contributed by atoms with van der Waals surface area (Å²) in [6, 6.07) is 89.8. The maximum Gasteiger partial charge on any atom is 0.252 e. The van der Waals surface area contributed by atoms with Gasteiger partial charge in [-0.15, -0.1) is 22.7 Å². The van der Waals surface area contributed by atoms with Gasteiger partial charge in [-0.2, -0.15) is 0 Å². The van der Waals surface area contributed by atoms with Gasteiger partial charge in [0, 0.05) is 90.3 Å². The summed E-state index contributed by atoms with van der Waals surface area (Å²) >= 11 is 3.78. The van der Waals surface area contributed by atoms with Crippen LogP contribution in [0.2, 0.25) is 0 Å². The van der Waals surface area contributed by atoms with Crippen molar-refractivity contribution in [2.24, 2.45) is 0 Å². The Labute approximate surface area is 465 Å². The van der Waals surface area contributed by atoms with Gasteiger partial charge in [-0.05, 0) is 137 Å². The van der Waals surface area contributed by atoms with E-state index < -0.39 is 0 Å². The number of anilines is 6. The molecule has 19 rings (SSSR count). The number of hydrogen-bond donors (Lipinski definition) is 0. The van der Waals surface area contributed by atoms with E-state index in [1.54, 1.807) is 0 Å². The summed E-state index contributed by atoms with van der Waals surface area (Å²) in [7, 11) is 0. The van der Waals surface area contributed by atoms with Crippen molar-refractivity contribution in [3.05, 3.63) is 243 Å². The molecule has 0 amide bonds. The zero-order chi connectivity index (χ0) is 51.9. The fourth-order valence-corrected chi connectivity index (χ4v) is 16.3. The minimum atomic E-state index is -0.139. The second-order valence-corrected chi connectivity index (χ2v) is 23.6. The third kappa shape index (κ3) is 5.80. The van der Waals surface area contributed by atoms with Crippen LogP contribution in [0.15, 0.2) is 251 Å². The Hall–Kier alpha value is -9.86. The molecule has 0 spiro atoms. The number of benzene rings is 12. The van der Waals surface area contributed by atoms with E-state index in [-0.39, 0.29) is 6.71 Å². The Balaban J connectivity index is 0.997. The Morgan fingerprint density at radius 2 is 0.787 bits per heavy atom. The minimum absolute atomic E-state index is 0.139. The average molecular weight is 1050 g/mol. The van der Waals surface area contributed by atoms with Crippen molar-refractivity contribution >= 4 is 186 Å². The molecule has 5 nitrogen and oxygen atoms in total. The minimum Gasteiger partial charge on any atom is -0.456 e. The van der Waals surface area contributed by atoms with Gasteiger partial charge in [0.05, 0.1) is 33.2 Å². The number of thiophene rings is 2. The lowest BCUT2D eigenvalue weighted by molar-refractivity contribution is 0.668. The van der Waals surface area contributed by atoms with Gasteiger partial charge >= 0.3 is 0 Å². The molecule has 370 valence electrons. The SMILES string of the molecule is c1ccc(-n2c3ccccc3c3ccc(-c4cc5c6c(c4)N(c4cccc7oc8ccccc8c47)c4cc7c(cc4B6c4cc6sc8ccccc8c6cc4N5c4cccc5oc6ccccc6c45)sc4ccccc47)cc32)cc1. The number of aromatic nitrogens is 1. The predicted octanol–water partition coefficient (Wildman–Crippen LogP) is 19.1. The van der Waals surface area contributed by atoms with Crippen molar-refractivity contribution in [1.82, 2.24) is 4.57 Å². The van der Waals surface area contributed by atoms with Crippen molar-refractivity contribution in [1.29, 1.82) is 0 Å². The fraction of sp³-hybridized carbons (Fsp3) is 0. The van der Waals surface area contributed by atoms with Crippen LogP contribution in [0.4, 0.5) is 34.1 Å². The van der Waals surface area contributed by atoms with Gasteiger partial charge < -0.3 is 23.2 Å². The zero-order valence-electron chi connectivity index (χ0n) is 42.6. The molecule has 0 saturated carbocycles. The van der Waals surface area contributed by atoms with E-state index >= 15 is 0 Å². The lowest BCUT2D eigenvalue weighted by Crippen LogP contribution is -2.61. The Kier molecular flexibility index (Phi) is 8.57. The second-order valence-electron chi connectivity index (χ2n) is 21.5. The van der Waals surface area contributed by atoms with Crippen LogP contribution in [0.5, 0.6) is 0 Å². The summed E-state index contributed by atoms with van der Waals surface area (Å²) in [4.78, 5) is 5.19. The van der Waals surface area contributed by atoms with Crippen LogP contribution in [0.25, 0.3) is 123 Å². The molecule has 17 aromatic rings. The molecule has 2 aliphatic rings. The number of furan rings is 2. The van der Waals surface area contributed by atoms with Crippen molar-refractivity contribution in [2.75, 3.05) is 9.80 Å². The van der Waals surface area contributed by atoms with Crippen molar-refractivity contribution < 1.29 is 8.83 Å². The van der Waals surface area contributed by atoms with Gasteiger partial charge in [0.25, 0.3) is 6.71 Å². The normalized spacial score (nSPS) is 13.2. The Morgan fingerprint density at radius 1 is 0.300 bits per heavy atom. The molecule has 5 aromatic heterocycles. The highest BCUT2D eigenvalue weighted by molar-refractivity contribution is 7.26. The molecule has 0 saturated heterocycles. The molecule has 2 aliphatic heterocycles. The molecule has 0 fully saturated rings. The first kappa shape index (κ1) is 43.2. The highest BCUT2D eigenvalue weighted by atomic mass is 32.1. The molecule has 8 heteroatoms. The van der Waals surface area contributed by atoms with Crippen LogP contribution in [0.3, 0.4) is 0 Å². The fourth-order valence-electron chi connectivity index (χ4n) is 14.0. The van der Waals surface area contributed by atoms with Crippen LogP contribution in [-0.2, 0) is 0 Å². The summed E-state index contributed by atoms with van der Waals surface area (Å²) in [5.74, 6) is 0. The lowest BCUT2D eigenvalue weighted by Gasteiger charge is -2.44. The van der Waals surface area contributed by atoms with Gasteiger partial charge in [-0.25, -0.2) is 0 Å². The molecule has 0 atom stereocenters. The van der Waals surface area contributed by atoms with Crippen LogP contribution < -0.4 is 26.2 Å². The first-order valence-corrected chi connectivity index (χ1v) is 28.9. The highest BCUT2D eigenvalue weighted by Crippen LogP contribution is 2.53. The number of para-hydroxylation sites is 4. The van der Waals surface area contributed by atoms with E-state index in [1.165, 1.54) is 73.0 Å². The smallest absolute Gasteiger partial charge is 0.252 e. The molecule has 0 N–H and O–H groups in total. The molecule has 0 aliphatic carbocycles. The van der Waals surface area contributed by atoms with Gasteiger partial charge in [0.2, 0.25) is 0 Å². The molecule has 0 unspecified atom stereocenters. The molecular weight excluding hydrogens is 1010 g/mol. The van der Waals surface area contributed by atoms with Crippen molar-refractivity contribution in [3.8, 4) is 16.8 Å². The zero-order valence-corrected chi connectivity index (χ0v) is 44.3. The highest BCUT2D eigenvalue weighted by Gasteiger charge is 2.45. The van der Waals surface area contributed by atoms with E-state index in [4.69, 9.17) is 8.83 Å². The van der Waals surface area contributed by atoms with Crippen LogP contribution >= 0.6 is 22.7 Å². The predicted molar refractivity (Wildman–Crippen MR) is 341 cm³/mol. The summed E-state index contributed by atoms with van der Waals surface area (Å²) in [6.45, 7) is -0.139. The number of fused-ring (bicyclic) bond motifs is 19. The maximum atomic E-state index is 6.77. The van der Waals surface area contributed by atoms with E-state index in [1.807, 2.05) is 22.7 Å². The summed E-state index contributed by atoms with van der Waals surface area (Å²) in [6.07, 6.45) is 0. The first-order valence-electron chi connectivity index (χ1n) is 27.2. The van der Waals surface area contributed by atoms with Crippen LogP contribution in [0.1, 0.15) is 0 Å². The van der Waals surface area contributed by atoms with Gasteiger partial charge in [0.1, 0.15) is 22.3 Å². The van der Waals surface area contributed by atoms with Gasteiger partial charge in [-0.3, -0.25) is 0 Å². The van der Waals surface area contributed by atoms with Crippen molar-refractivity contribution in [3.63, 3.8) is 0 Å². The van der Waals surface area contributed by atoms with E-state index in [0.717, 1.165) is 100 Å². The van der Waals surface area contributed by atoms with Crippen LogP contribution in [-0.4, -0.2) is 11.3 Å². The largest absolute Gasteiger partial charge is 0.456 e. The van der Waals surface area contributed by atoms with E-state index in [9.17, 15) is 0 Å². The van der Waals surface area contributed by atoms with Crippen LogP contribution in [0, 0.1) is 0 Å². The first-order chi connectivity index (χ1) is 39.7. The molecule has 7 heterocycles. The van der Waals surface area contributed by atoms with Gasteiger partial charge in [0.15, 0.2) is 0 Å². The summed E-state index contributed by atoms with van der Waals surface area (Å²) in [5.41, 5.74) is 19.7. The summed E-state index contributed by atoms with van der Waals surface area (Å²) < 4.78 is 21.1. The number of rotatable bonds is 4. The lowest BCUT2D eigenvalue weighted by atomic mass is 9.33. The molecule has 80 heavy (non-hydrogen) atoms. The van der Waals surface area contributed by atoms with E-state index in [2.05, 4.69) is 257 Å². The second kappa shape index (κ2) is 15.9. The van der Waals surface area contributed by atoms with Crippen molar-refractivity contribution in [2.45, 2.75) is 0 Å². The number of hydrogen-bond acceptors (Lipinski definition) is 6. The summed E-state index contributed by atoms with van der Waals surface area (Å²) in [5, 5.41) is 11.9. The number of nitrogens with zero attached hydrogens (tertiary/aromatic N) is 3. The quantitative estimate of drug-likeness (QED) is 0.165. The third-order valence-corrected chi connectivity index (χ3v) is 19.6. The Morgan fingerprint density at radius 3 is 1.38 bits per heavy atom. The molecular formula is C72H40BN3O2S2. The topological polar surface area (TPSA) is 37.7 Å². The maximum absolute atomic E-state index is 6.77. The van der Waals surface area contributed by atoms with E-state index in [0.29, 0.717) is 0 Å². The molecule has 0 bridgehead atoms. The molecule has 0 radical (unpaired) electrons. The third-order valence-electron chi connectivity index (χ3n) is 17.3. The standard InChI is InChI=1S/C72H40BN3O2S2/c1-2-16-43(17-3-1)74-54-23-9-4-18-44(54)45-33-32-41(34-57(45)74)42-35-60-72-61(36-42)76(56-25-15-29-65-71(56)49-22-6-11-27-63(49)78-65)59-38-51-47-20-8-13-31-67(47)80-69(51)40-53(59)73(72)52-39-68-50(46-19-7-12-30-66(46)79-68)37-58(52)75(60)55-24-14-28-64-70(55)48-21-5-10-26-62(48)77-64/h1-40H. The average Bonchev–Trinajstić information content (AvgIpc) is 4.43. The van der Waals surface area contributed by atoms with Gasteiger partial charge in [-0.1, -0.05) is 133 Å². The molecule has 12 aromatic carbocycles. The monoisotopic (exact) mass is 1050 g/mol. The Bertz CT molecular complexity index is 5290.